The van der Waals surface area contributed by atoms with E-state index in [0.717, 1.165) is 37.7 Å². The lowest BCUT2D eigenvalue weighted by atomic mass is 10.2. The molecule has 1 saturated heterocycles. The summed E-state index contributed by atoms with van der Waals surface area (Å²) in [6, 6.07) is 0.447. The molecule has 0 saturated carbocycles. The van der Waals surface area contributed by atoms with Gasteiger partial charge in [0.25, 0.3) is 0 Å². The lowest BCUT2D eigenvalue weighted by molar-refractivity contribution is 0.205. The van der Waals surface area contributed by atoms with Crippen LogP contribution < -0.4 is 4.72 Å². The Balaban J connectivity index is 1.76. The Hall–Kier alpha value is -0.960. The van der Waals surface area contributed by atoms with Crippen LogP contribution in [-0.4, -0.2) is 68.7 Å². The Morgan fingerprint density at radius 2 is 2.26 bits per heavy atom. The van der Waals surface area contributed by atoms with E-state index < -0.39 is 10.0 Å². The van der Waals surface area contributed by atoms with Crippen LogP contribution in [0.1, 0.15) is 37.8 Å². The predicted octanol–water partition coefficient (Wildman–Crippen LogP) is 0.853. The van der Waals surface area contributed by atoms with Gasteiger partial charge < -0.3 is 9.32 Å². The molecular formula is C15H28N4O3S. The second kappa shape index (κ2) is 7.74. The van der Waals surface area contributed by atoms with Crippen molar-refractivity contribution in [2.75, 3.05) is 39.5 Å². The number of nitrogens with zero attached hydrogens (tertiary/aromatic N) is 3. The minimum Gasteiger partial charge on any atom is -0.444 e. The van der Waals surface area contributed by atoms with Gasteiger partial charge in [-0.1, -0.05) is 13.8 Å². The van der Waals surface area contributed by atoms with Crippen molar-refractivity contribution in [1.82, 2.24) is 19.5 Å². The maximum Gasteiger partial charge on any atom is 0.208 e. The predicted molar refractivity (Wildman–Crippen MR) is 89.8 cm³/mol. The van der Waals surface area contributed by atoms with E-state index in [4.69, 9.17) is 4.42 Å². The van der Waals surface area contributed by atoms with E-state index in [1.165, 1.54) is 6.26 Å². The van der Waals surface area contributed by atoms with Gasteiger partial charge in [-0.15, -0.1) is 0 Å². The summed E-state index contributed by atoms with van der Waals surface area (Å²) in [6.07, 6.45) is 4.08. The summed E-state index contributed by atoms with van der Waals surface area (Å²) in [6.45, 7) is 8.03. The number of likely N-dealkylation sites (tertiary alicyclic amines) is 1. The van der Waals surface area contributed by atoms with E-state index in [-0.39, 0.29) is 0 Å². The summed E-state index contributed by atoms with van der Waals surface area (Å²) < 4.78 is 30.5. The lowest BCUT2D eigenvalue weighted by Crippen LogP contribution is -2.37. The molecule has 1 fully saturated rings. The zero-order chi connectivity index (χ0) is 17.0. The number of sulfonamides is 1. The van der Waals surface area contributed by atoms with Gasteiger partial charge in [-0.05, 0) is 20.0 Å². The van der Waals surface area contributed by atoms with E-state index in [0.29, 0.717) is 25.0 Å². The summed E-state index contributed by atoms with van der Waals surface area (Å²) in [7, 11) is -1.01. The van der Waals surface area contributed by atoms with Crippen LogP contribution in [0, 0.1) is 0 Å². The zero-order valence-corrected chi connectivity index (χ0v) is 15.3. The molecule has 0 bridgehead atoms. The molecule has 0 amide bonds. The summed E-state index contributed by atoms with van der Waals surface area (Å²) in [4.78, 5) is 8.90. The van der Waals surface area contributed by atoms with Gasteiger partial charge in [0.05, 0.1) is 19.0 Å². The molecule has 2 heterocycles. The molecule has 8 heteroatoms. The van der Waals surface area contributed by atoms with Crippen LogP contribution in [0.4, 0.5) is 0 Å². The van der Waals surface area contributed by atoms with Crippen molar-refractivity contribution in [3.05, 3.63) is 17.8 Å². The molecule has 1 aromatic heterocycles. The average molecular weight is 344 g/mol. The topological polar surface area (TPSA) is 78.7 Å². The smallest absolute Gasteiger partial charge is 0.208 e. The fraction of sp³-hybridized carbons (Fsp3) is 0.800. The van der Waals surface area contributed by atoms with Gasteiger partial charge in [0, 0.05) is 31.6 Å². The van der Waals surface area contributed by atoms with Crippen LogP contribution in [0.25, 0.3) is 0 Å². The normalized spacial score (nSPS) is 20.0. The van der Waals surface area contributed by atoms with Crippen molar-refractivity contribution in [1.29, 1.82) is 0 Å². The van der Waals surface area contributed by atoms with Gasteiger partial charge in [0.15, 0.2) is 0 Å². The molecule has 132 valence electrons. The van der Waals surface area contributed by atoms with Gasteiger partial charge in [0.1, 0.15) is 5.76 Å². The van der Waals surface area contributed by atoms with Crippen molar-refractivity contribution >= 4 is 10.0 Å². The van der Waals surface area contributed by atoms with Gasteiger partial charge >= 0.3 is 0 Å². The van der Waals surface area contributed by atoms with Crippen molar-refractivity contribution in [2.24, 2.45) is 0 Å². The Kier molecular flexibility index (Phi) is 6.19. The van der Waals surface area contributed by atoms with Crippen LogP contribution in [0.15, 0.2) is 10.6 Å². The second-order valence-electron chi connectivity index (χ2n) is 6.64. The van der Waals surface area contributed by atoms with Crippen LogP contribution in [0.3, 0.4) is 0 Å². The molecule has 0 aromatic carbocycles. The van der Waals surface area contributed by atoms with Crippen molar-refractivity contribution < 1.29 is 12.8 Å². The number of hydrogen-bond acceptors (Lipinski definition) is 6. The first-order chi connectivity index (χ1) is 10.7. The average Bonchev–Trinajstić information content (AvgIpc) is 3.06. The fourth-order valence-corrected chi connectivity index (χ4v) is 3.23. The Morgan fingerprint density at radius 3 is 2.87 bits per heavy atom. The minimum absolute atomic E-state index is 0.353. The van der Waals surface area contributed by atoms with Crippen molar-refractivity contribution in [2.45, 2.75) is 38.8 Å². The van der Waals surface area contributed by atoms with Crippen LogP contribution in [0.5, 0.6) is 0 Å². The highest BCUT2D eigenvalue weighted by Gasteiger charge is 2.26. The molecule has 0 spiro atoms. The summed E-state index contributed by atoms with van der Waals surface area (Å²) in [5.74, 6) is 2.03. The molecule has 1 atom stereocenters. The molecule has 7 nitrogen and oxygen atoms in total. The zero-order valence-electron chi connectivity index (χ0n) is 14.4. The summed E-state index contributed by atoms with van der Waals surface area (Å²) in [5, 5.41) is 0. The van der Waals surface area contributed by atoms with Gasteiger partial charge in [-0.2, -0.15) is 0 Å². The lowest BCUT2D eigenvalue weighted by Gasteiger charge is -2.23. The third-order valence-electron chi connectivity index (χ3n) is 4.19. The highest BCUT2D eigenvalue weighted by Crippen LogP contribution is 2.19. The van der Waals surface area contributed by atoms with Crippen LogP contribution in [0.2, 0.25) is 0 Å². The molecule has 0 radical (unpaired) electrons. The Labute approximate surface area is 139 Å². The third-order valence-corrected chi connectivity index (χ3v) is 4.92. The largest absolute Gasteiger partial charge is 0.444 e. The molecule has 1 N–H and O–H groups in total. The number of likely N-dealkylation sites (N-methyl/N-ethyl adjacent to an activating group) is 1. The summed E-state index contributed by atoms with van der Waals surface area (Å²) >= 11 is 0. The van der Waals surface area contributed by atoms with Crippen LogP contribution >= 0.6 is 0 Å². The molecular weight excluding hydrogens is 316 g/mol. The number of hydrogen-bond donors (Lipinski definition) is 1. The maximum atomic E-state index is 11.1. The maximum absolute atomic E-state index is 11.1. The van der Waals surface area contributed by atoms with Gasteiger partial charge in [-0.3, -0.25) is 4.90 Å². The van der Waals surface area contributed by atoms with Crippen LogP contribution in [-0.2, 0) is 16.6 Å². The first-order valence-electron chi connectivity index (χ1n) is 8.06. The van der Waals surface area contributed by atoms with E-state index in [1.54, 1.807) is 0 Å². The minimum atomic E-state index is -3.10. The highest BCUT2D eigenvalue weighted by molar-refractivity contribution is 7.88. The highest BCUT2D eigenvalue weighted by atomic mass is 32.2. The van der Waals surface area contributed by atoms with Gasteiger partial charge in [0.2, 0.25) is 15.9 Å². The number of rotatable bonds is 8. The first-order valence-corrected chi connectivity index (χ1v) is 9.95. The molecule has 2 rings (SSSR count). The molecule has 0 aliphatic carbocycles. The number of nitrogens with one attached hydrogen (secondary N) is 1. The van der Waals surface area contributed by atoms with E-state index >= 15 is 0 Å². The first kappa shape index (κ1) is 18.4. The second-order valence-corrected chi connectivity index (χ2v) is 8.47. The molecule has 1 aliphatic rings. The Bertz CT molecular complexity index is 600. The van der Waals surface area contributed by atoms with E-state index in [9.17, 15) is 8.42 Å². The standard InChI is InChI=1S/C15H28N4O3S/c1-12(2)14-9-16-15(22-14)11-18(3)13-5-7-19(10-13)8-6-17-23(4,20)21/h9,12-13,17H,5-8,10-11H2,1-4H3. The fourth-order valence-electron chi connectivity index (χ4n) is 2.77. The molecule has 1 unspecified atom stereocenters. The van der Waals surface area contributed by atoms with Gasteiger partial charge in [-0.25, -0.2) is 18.1 Å². The number of aromatic nitrogens is 1. The SMILES string of the molecule is CC(C)c1cnc(CN(C)C2CCN(CCNS(C)(=O)=O)C2)o1. The Morgan fingerprint density at radius 1 is 1.52 bits per heavy atom. The summed E-state index contributed by atoms with van der Waals surface area (Å²) in [5.41, 5.74) is 0. The number of oxazole rings is 1. The third kappa shape index (κ3) is 5.87. The van der Waals surface area contributed by atoms with E-state index in [1.807, 2.05) is 6.20 Å². The van der Waals surface area contributed by atoms with Crippen molar-refractivity contribution in [3.8, 4) is 0 Å². The monoisotopic (exact) mass is 344 g/mol. The molecule has 1 aliphatic heterocycles. The molecule has 1 aromatic rings. The van der Waals surface area contributed by atoms with Crippen molar-refractivity contribution in [3.63, 3.8) is 0 Å². The van der Waals surface area contributed by atoms with E-state index in [2.05, 4.69) is 40.4 Å². The molecule has 23 heavy (non-hydrogen) atoms. The quantitative estimate of drug-likeness (QED) is 0.753.